The van der Waals surface area contributed by atoms with Crippen LogP contribution in [0.4, 0.5) is 0 Å². The summed E-state index contributed by atoms with van der Waals surface area (Å²) in [5.74, 6) is 0.690. The lowest BCUT2D eigenvalue weighted by atomic mass is 10.2. The first-order chi connectivity index (χ1) is 7.08. The zero-order chi connectivity index (χ0) is 11.0. The third-order valence-electron chi connectivity index (χ3n) is 1.81. The molecule has 1 aromatic heterocycles. The molecular formula is C9H4Br2Cl2N2. The van der Waals surface area contributed by atoms with Gasteiger partial charge in [-0.15, -0.1) is 0 Å². The van der Waals surface area contributed by atoms with E-state index < -0.39 is 0 Å². The average molecular weight is 371 g/mol. The molecule has 0 aliphatic carbocycles. The summed E-state index contributed by atoms with van der Waals surface area (Å²) in [4.78, 5) is 7.31. The Morgan fingerprint density at radius 2 is 1.93 bits per heavy atom. The zero-order valence-electron chi connectivity index (χ0n) is 7.19. The molecule has 0 radical (unpaired) electrons. The summed E-state index contributed by atoms with van der Waals surface area (Å²) < 4.78 is 1.49. The summed E-state index contributed by atoms with van der Waals surface area (Å²) in [7, 11) is 0. The zero-order valence-corrected chi connectivity index (χ0v) is 11.9. The number of rotatable bonds is 1. The van der Waals surface area contributed by atoms with Crippen molar-refractivity contribution in [3.8, 4) is 11.4 Å². The van der Waals surface area contributed by atoms with Gasteiger partial charge in [-0.05, 0) is 50.1 Å². The lowest BCUT2D eigenvalue weighted by molar-refractivity contribution is 1.29. The summed E-state index contributed by atoms with van der Waals surface area (Å²) in [6.07, 6.45) is 0. The van der Waals surface area contributed by atoms with E-state index in [1.165, 1.54) is 0 Å². The fourth-order valence-electron chi connectivity index (χ4n) is 1.14. The van der Waals surface area contributed by atoms with E-state index in [4.69, 9.17) is 23.2 Å². The molecule has 0 spiro atoms. The highest BCUT2D eigenvalue weighted by Gasteiger charge is 2.10. The molecule has 0 atom stereocenters. The van der Waals surface area contributed by atoms with E-state index in [2.05, 4.69) is 41.8 Å². The van der Waals surface area contributed by atoms with E-state index in [-0.39, 0.29) is 0 Å². The fraction of sp³-hybridized carbons (Fsp3) is 0. The molecule has 0 aliphatic rings. The topological polar surface area (TPSA) is 28.7 Å². The second-order valence-corrected chi connectivity index (χ2v) is 5.20. The van der Waals surface area contributed by atoms with Crippen molar-refractivity contribution in [1.29, 1.82) is 0 Å². The van der Waals surface area contributed by atoms with Gasteiger partial charge >= 0.3 is 0 Å². The van der Waals surface area contributed by atoms with Gasteiger partial charge in [0, 0.05) is 10.6 Å². The summed E-state index contributed by atoms with van der Waals surface area (Å²) >= 11 is 18.5. The van der Waals surface area contributed by atoms with Crippen LogP contribution in [0.3, 0.4) is 0 Å². The second-order valence-electron chi connectivity index (χ2n) is 2.81. The molecule has 2 nitrogen and oxygen atoms in total. The van der Waals surface area contributed by atoms with Gasteiger partial charge in [0.05, 0.1) is 5.02 Å². The number of H-pyrrole nitrogens is 1. The van der Waals surface area contributed by atoms with E-state index in [1.54, 1.807) is 12.1 Å². The Bertz CT molecular complexity index is 491. The highest BCUT2D eigenvalue weighted by Crippen LogP contribution is 2.31. The van der Waals surface area contributed by atoms with Crippen LogP contribution in [0.5, 0.6) is 0 Å². The number of nitrogens with zero attached hydrogens (tertiary/aromatic N) is 1. The van der Waals surface area contributed by atoms with Crippen molar-refractivity contribution in [2.24, 2.45) is 0 Å². The molecule has 0 aliphatic heterocycles. The molecule has 1 aromatic carbocycles. The summed E-state index contributed by atoms with van der Waals surface area (Å²) in [5.41, 5.74) is 0.812. The van der Waals surface area contributed by atoms with Gasteiger partial charge in [-0.1, -0.05) is 23.2 Å². The lowest BCUT2D eigenvalue weighted by Crippen LogP contribution is -1.81. The van der Waals surface area contributed by atoms with Crippen LogP contribution < -0.4 is 0 Å². The smallest absolute Gasteiger partial charge is 0.141 e. The number of aromatic nitrogens is 2. The molecule has 6 heteroatoms. The van der Waals surface area contributed by atoms with Gasteiger partial charge in [0.15, 0.2) is 0 Å². The third-order valence-corrected chi connectivity index (χ3v) is 4.03. The van der Waals surface area contributed by atoms with Crippen molar-refractivity contribution >= 4 is 55.1 Å². The minimum Gasteiger partial charge on any atom is -0.332 e. The van der Waals surface area contributed by atoms with Gasteiger partial charge in [-0.25, -0.2) is 4.98 Å². The second kappa shape index (κ2) is 4.45. The Kier molecular flexibility index (Phi) is 3.40. The Balaban J connectivity index is 2.54. The predicted octanol–water partition coefficient (Wildman–Crippen LogP) is 4.91. The van der Waals surface area contributed by atoms with E-state index in [1.807, 2.05) is 6.07 Å². The number of hydrogen-bond acceptors (Lipinski definition) is 1. The summed E-state index contributed by atoms with van der Waals surface area (Å²) in [6.45, 7) is 0. The highest BCUT2D eigenvalue weighted by atomic mass is 79.9. The van der Waals surface area contributed by atoms with E-state index in [0.717, 1.165) is 10.2 Å². The molecule has 0 unspecified atom stereocenters. The molecule has 0 fully saturated rings. The molecule has 0 saturated carbocycles. The summed E-state index contributed by atoms with van der Waals surface area (Å²) in [5, 5.41) is 1.17. The number of halogens is 4. The molecular weight excluding hydrogens is 367 g/mol. The van der Waals surface area contributed by atoms with Crippen LogP contribution in [0, 0.1) is 0 Å². The minimum atomic E-state index is 0.566. The maximum Gasteiger partial charge on any atom is 0.141 e. The molecule has 2 aromatic rings. The quantitative estimate of drug-likeness (QED) is 0.759. The van der Waals surface area contributed by atoms with Gasteiger partial charge < -0.3 is 4.98 Å². The van der Waals surface area contributed by atoms with Gasteiger partial charge in [0.1, 0.15) is 15.0 Å². The van der Waals surface area contributed by atoms with Crippen LogP contribution in [0.15, 0.2) is 27.4 Å². The maximum absolute atomic E-state index is 6.05. The first-order valence-corrected chi connectivity index (χ1v) is 6.28. The van der Waals surface area contributed by atoms with Crippen LogP contribution in [-0.2, 0) is 0 Å². The summed E-state index contributed by atoms with van der Waals surface area (Å²) in [6, 6.07) is 5.28. The molecule has 1 heterocycles. The van der Waals surface area contributed by atoms with Gasteiger partial charge in [-0.2, -0.15) is 0 Å². The fourth-order valence-corrected chi connectivity index (χ4v) is 2.19. The Labute approximate surface area is 113 Å². The molecule has 15 heavy (non-hydrogen) atoms. The molecule has 78 valence electrons. The number of aromatic amines is 1. The van der Waals surface area contributed by atoms with Crippen LogP contribution in [0.1, 0.15) is 0 Å². The van der Waals surface area contributed by atoms with Gasteiger partial charge in [0.2, 0.25) is 0 Å². The van der Waals surface area contributed by atoms with Crippen molar-refractivity contribution in [1.82, 2.24) is 9.97 Å². The lowest BCUT2D eigenvalue weighted by Gasteiger charge is -2.00. The van der Waals surface area contributed by atoms with Crippen LogP contribution in [-0.4, -0.2) is 9.97 Å². The average Bonchev–Trinajstić information content (AvgIpc) is 2.46. The SMILES string of the molecule is Clc1ccc(-c2nc(Br)c(Br)[nH]2)c(Cl)c1. The minimum absolute atomic E-state index is 0.566. The van der Waals surface area contributed by atoms with Crippen molar-refractivity contribution in [2.75, 3.05) is 0 Å². The predicted molar refractivity (Wildman–Crippen MR) is 69.4 cm³/mol. The largest absolute Gasteiger partial charge is 0.332 e. The van der Waals surface area contributed by atoms with E-state index in [0.29, 0.717) is 20.5 Å². The van der Waals surface area contributed by atoms with Crippen molar-refractivity contribution in [3.05, 3.63) is 37.5 Å². The van der Waals surface area contributed by atoms with E-state index in [9.17, 15) is 0 Å². The first kappa shape index (κ1) is 11.5. The van der Waals surface area contributed by atoms with Gasteiger partial charge in [0.25, 0.3) is 0 Å². The van der Waals surface area contributed by atoms with Crippen molar-refractivity contribution in [3.63, 3.8) is 0 Å². The molecule has 1 N–H and O–H groups in total. The first-order valence-electron chi connectivity index (χ1n) is 3.94. The molecule has 0 saturated heterocycles. The number of nitrogens with one attached hydrogen (secondary N) is 1. The monoisotopic (exact) mass is 368 g/mol. The van der Waals surface area contributed by atoms with Crippen LogP contribution >= 0.6 is 55.1 Å². The number of hydrogen-bond donors (Lipinski definition) is 1. The molecule has 2 rings (SSSR count). The number of benzene rings is 1. The van der Waals surface area contributed by atoms with Crippen molar-refractivity contribution in [2.45, 2.75) is 0 Å². The Hall–Kier alpha value is -0.0300. The Morgan fingerprint density at radius 3 is 2.47 bits per heavy atom. The van der Waals surface area contributed by atoms with Gasteiger partial charge in [-0.3, -0.25) is 0 Å². The van der Waals surface area contributed by atoms with E-state index >= 15 is 0 Å². The van der Waals surface area contributed by atoms with Crippen LogP contribution in [0.2, 0.25) is 10.0 Å². The molecule has 0 bridgehead atoms. The van der Waals surface area contributed by atoms with Crippen LogP contribution in [0.25, 0.3) is 11.4 Å². The molecule has 0 amide bonds. The maximum atomic E-state index is 6.05. The normalized spacial score (nSPS) is 10.7. The van der Waals surface area contributed by atoms with Crippen molar-refractivity contribution < 1.29 is 0 Å². The standard InChI is InChI=1S/C9H4Br2Cl2N2/c10-7-8(11)15-9(14-7)5-2-1-4(12)3-6(5)13/h1-3H,(H,14,15). The third kappa shape index (κ3) is 2.38. The number of imidazole rings is 1. The Morgan fingerprint density at radius 1 is 1.20 bits per heavy atom. The highest BCUT2D eigenvalue weighted by molar-refractivity contribution is 9.13.